The normalized spacial score (nSPS) is 11.8. The van der Waals surface area contributed by atoms with E-state index in [1.54, 1.807) is 24.3 Å². The van der Waals surface area contributed by atoms with Gasteiger partial charge in [0.05, 0.1) is 10.2 Å². The van der Waals surface area contributed by atoms with E-state index < -0.39 is 26.5 Å². The SMILES string of the molecule is Cc1ccc(-[n+]2[nH]oc(=O)c2S(=O)(=O)Nc2nc3ccc(F)cc3s2)cc1. The monoisotopic (exact) mass is 407 g/mol. The van der Waals surface area contributed by atoms with E-state index in [-0.39, 0.29) is 5.13 Å². The van der Waals surface area contributed by atoms with Gasteiger partial charge in [0.25, 0.3) is 0 Å². The molecule has 4 rings (SSSR count). The number of aryl methyl sites for hydroxylation is 1. The summed E-state index contributed by atoms with van der Waals surface area (Å²) in [6.45, 7) is 1.88. The zero-order chi connectivity index (χ0) is 19.2. The predicted molar refractivity (Wildman–Crippen MR) is 96.0 cm³/mol. The van der Waals surface area contributed by atoms with Crippen LogP contribution in [0.15, 0.2) is 56.8 Å². The van der Waals surface area contributed by atoms with Crippen molar-refractivity contribution in [2.75, 3.05) is 4.72 Å². The predicted octanol–water partition coefficient (Wildman–Crippen LogP) is 2.10. The molecule has 0 fully saturated rings. The summed E-state index contributed by atoms with van der Waals surface area (Å²) in [7, 11) is -4.32. The number of H-pyrrole nitrogens is 1. The number of nitrogens with zero attached hydrogens (tertiary/aromatic N) is 2. The lowest BCUT2D eigenvalue weighted by molar-refractivity contribution is -0.705. The third-order valence-electron chi connectivity index (χ3n) is 3.73. The average Bonchev–Trinajstić information content (AvgIpc) is 3.18. The first kappa shape index (κ1) is 17.4. The van der Waals surface area contributed by atoms with Gasteiger partial charge in [0.2, 0.25) is 5.69 Å². The minimum absolute atomic E-state index is 0.00616. The summed E-state index contributed by atoms with van der Waals surface area (Å²) in [6, 6.07) is 10.7. The highest BCUT2D eigenvalue weighted by Gasteiger charge is 2.37. The minimum Gasteiger partial charge on any atom is -0.281 e. The van der Waals surface area contributed by atoms with Gasteiger partial charge in [-0.15, -0.1) is 0 Å². The number of aromatic nitrogens is 3. The fourth-order valence-corrected chi connectivity index (χ4v) is 4.72. The Bertz CT molecular complexity index is 1310. The van der Waals surface area contributed by atoms with E-state index in [0.29, 0.717) is 15.9 Å². The number of rotatable bonds is 4. The van der Waals surface area contributed by atoms with E-state index in [2.05, 4.69) is 19.5 Å². The Morgan fingerprint density at radius 2 is 1.96 bits per heavy atom. The molecule has 0 aliphatic carbocycles. The Hall–Kier alpha value is -3.05. The molecule has 11 heteroatoms. The highest BCUT2D eigenvalue weighted by atomic mass is 32.2. The number of anilines is 1. The van der Waals surface area contributed by atoms with Crippen LogP contribution >= 0.6 is 11.3 Å². The molecule has 27 heavy (non-hydrogen) atoms. The molecule has 0 atom stereocenters. The zero-order valence-corrected chi connectivity index (χ0v) is 15.4. The second kappa shape index (κ2) is 6.28. The number of nitrogens with one attached hydrogen (secondary N) is 2. The molecule has 2 N–H and O–H groups in total. The molecule has 0 spiro atoms. The first-order valence-corrected chi connectivity index (χ1v) is 9.93. The maximum Gasteiger partial charge on any atom is 0.449 e. The van der Waals surface area contributed by atoms with Crippen LogP contribution in [-0.2, 0) is 10.0 Å². The summed E-state index contributed by atoms with van der Waals surface area (Å²) in [5.41, 5.74) is 0.745. The van der Waals surface area contributed by atoms with E-state index >= 15 is 0 Å². The number of sulfonamides is 1. The molecular formula is C16H12FN4O4S2+. The van der Waals surface area contributed by atoms with Gasteiger partial charge in [-0.25, -0.2) is 18.9 Å². The third kappa shape index (κ3) is 3.22. The summed E-state index contributed by atoms with van der Waals surface area (Å²) < 4.78 is 47.3. The van der Waals surface area contributed by atoms with Crippen LogP contribution in [0.3, 0.4) is 0 Å². The molecule has 0 aliphatic rings. The fraction of sp³-hybridized carbons (Fsp3) is 0.0625. The van der Waals surface area contributed by atoms with Crippen LogP contribution < -0.4 is 15.0 Å². The van der Waals surface area contributed by atoms with Crippen LogP contribution in [0.5, 0.6) is 0 Å². The molecule has 0 unspecified atom stereocenters. The van der Waals surface area contributed by atoms with Crippen molar-refractivity contribution in [1.82, 2.24) is 10.3 Å². The van der Waals surface area contributed by atoms with Gasteiger partial charge in [-0.2, -0.15) is 8.42 Å². The molecule has 0 saturated heterocycles. The minimum atomic E-state index is -4.32. The smallest absolute Gasteiger partial charge is 0.281 e. The molecule has 0 aliphatic heterocycles. The molecule has 0 radical (unpaired) electrons. The second-order valence-corrected chi connectivity index (χ2v) is 8.32. The lowest BCUT2D eigenvalue weighted by Gasteiger charge is -1.99. The Kier molecular flexibility index (Phi) is 4.04. The number of halogens is 1. The topological polar surface area (TPSA) is 109 Å². The van der Waals surface area contributed by atoms with E-state index in [4.69, 9.17) is 0 Å². The molecule has 0 bridgehead atoms. The van der Waals surface area contributed by atoms with Crippen molar-refractivity contribution < 1.29 is 22.0 Å². The maximum atomic E-state index is 13.3. The van der Waals surface area contributed by atoms with E-state index in [1.807, 2.05) is 6.92 Å². The summed E-state index contributed by atoms with van der Waals surface area (Å²) >= 11 is 0.952. The van der Waals surface area contributed by atoms with Crippen LogP contribution in [0.25, 0.3) is 15.9 Å². The number of thiazole rings is 1. The molecule has 8 nitrogen and oxygen atoms in total. The van der Waals surface area contributed by atoms with Gasteiger partial charge in [-0.3, -0.25) is 4.52 Å². The first-order valence-electron chi connectivity index (χ1n) is 7.63. The second-order valence-electron chi connectivity index (χ2n) is 5.69. The number of benzene rings is 2. The fourth-order valence-electron chi connectivity index (χ4n) is 2.46. The van der Waals surface area contributed by atoms with Crippen molar-refractivity contribution in [1.29, 1.82) is 0 Å². The van der Waals surface area contributed by atoms with Gasteiger partial charge in [-0.05, 0) is 35.1 Å². The Morgan fingerprint density at radius 3 is 2.70 bits per heavy atom. The van der Waals surface area contributed by atoms with E-state index in [0.717, 1.165) is 21.6 Å². The number of hydrogen-bond donors (Lipinski definition) is 2. The van der Waals surface area contributed by atoms with Gasteiger partial charge >= 0.3 is 20.7 Å². The zero-order valence-electron chi connectivity index (χ0n) is 13.8. The summed E-state index contributed by atoms with van der Waals surface area (Å²) in [5, 5.41) is 1.66. The van der Waals surface area contributed by atoms with Gasteiger partial charge in [-0.1, -0.05) is 29.0 Å². The summed E-state index contributed by atoms with van der Waals surface area (Å²) in [6.07, 6.45) is 0. The summed E-state index contributed by atoms with van der Waals surface area (Å²) in [5.74, 6) is -0.455. The van der Waals surface area contributed by atoms with Crippen molar-refractivity contribution in [3.8, 4) is 5.69 Å². The maximum absolute atomic E-state index is 13.3. The lowest BCUT2D eigenvalue weighted by Crippen LogP contribution is -2.42. The van der Waals surface area contributed by atoms with Crippen LogP contribution in [0, 0.1) is 12.7 Å². The van der Waals surface area contributed by atoms with Crippen molar-refractivity contribution in [2.45, 2.75) is 11.9 Å². The van der Waals surface area contributed by atoms with Crippen molar-refractivity contribution in [3.05, 3.63) is 64.3 Å². The first-order chi connectivity index (χ1) is 12.8. The van der Waals surface area contributed by atoms with Crippen LogP contribution in [0.1, 0.15) is 5.56 Å². The molecule has 0 saturated carbocycles. The van der Waals surface area contributed by atoms with E-state index in [1.165, 1.54) is 18.2 Å². The van der Waals surface area contributed by atoms with Gasteiger partial charge < -0.3 is 0 Å². The molecule has 4 aromatic rings. The highest BCUT2D eigenvalue weighted by molar-refractivity contribution is 7.92. The summed E-state index contributed by atoms with van der Waals surface area (Å²) in [4.78, 5) is 16.1. The standard InChI is InChI=1S/C16H11FN4O4S2/c1-9-2-5-11(6-3-9)21-14(15(22)25-20-21)27(23,24)19-16-18-12-7-4-10(17)8-13(12)26-16/h2-8H,1H3,(H-,18,19,20,22)/p+1. The molecule has 2 aromatic heterocycles. The molecule has 2 aromatic carbocycles. The van der Waals surface area contributed by atoms with Crippen molar-refractivity contribution in [3.63, 3.8) is 0 Å². The van der Waals surface area contributed by atoms with Gasteiger partial charge in [0, 0.05) is 12.1 Å². The average molecular weight is 407 g/mol. The van der Waals surface area contributed by atoms with Gasteiger partial charge in [0.15, 0.2) is 5.13 Å². The van der Waals surface area contributed by atoms with E-state index in [9.17, 15) is 17.6 Å². The molecule has 138 valence electrons. The quantitative estimate of drug-likeness (QED) is 0.504. The van der Waals surface area contributed by atoms with Crippen LogP contribution in [0.4, 0.5) is 9.52 Å². The van der Waals surface area contributed by atoms with Crippen molar-refractivity contribution in [2.24, 2.45) is 0 Å². The van der Waals surface area contributed by atoms with Crippen molar-refractivity contribution >= 4 is 36.7 Å². The molecule has 2 heterocycles. The Balaban J connectivity index is 1.76. The Morgan fingerprint density at radius 1 is 1.22 bits per heavy atom. The highest BCUT2D eigenvalue weighted by Crippen LogP contribution is 2.27. The largest absolute Gasteiger partial charge is 0.449 e. The number of aromatic amines is 1. The van der Waals surface area contributed by atoms with Crippen LogP contribution in [0.2, 0.25) is 0 Å². The number of fused-ring (bicyclic) bond motifs is 1. The van der Waals surface area contributed by atoms with Gasteiger partial charge in [0.1, 0.15) is 5.82 Å². The lowest BCUT2D eigenvalue weighted by atomic mass is 10.2. The number of hydrogen-bond acceptors (Lipinski definition) is 6. The van der Waals surface area contributed by atoms with Crippen LogP contribution in [-0.4, -0.2) is 18.7 Å². The Labute approximate surface area is 155 Å². The molecule has 0 amide bonds. The molecular weight excluding hydrogens is 395 g/mol. The third-order valence-corrected chi connectivity index (χ3v) is 6.11.